The van der Waals surface area contributed by atoms with E-state index in [9.17, 15) is 4.79 Å². The van der Waals surface area contributed by atoms with E-state index < -0.39 is 0 Å². The van der Waals surface area contributed by atoms with Gasteiger partial charge in [0.1, 0.15) is 0 Å². The molecule has 1 fully saturated rings. The van der Waals surface area contributed by atoms with Gasteiger partial charge in [0, 0.05) is 0 Å². The molecular weight excluding hydrogens is 391 g/mol. The van der Waals surface area contributed by atoms with Gasteiger partial charge in [-0.15, -0.1) is 0 Å². The molecule has 134 valence electrons. The number of hydrogen-bond acceptors (Lipinski definition) is 4. The summed E-state index contributed by atoms with van der Waals surface area (Å²) in [6.45, 7) is 2.54. The Labute approximate surface area is 166 Å². The Balaban J connectivity index is 1.82. The zero-order chi connectivity index (χ0) is 18.5. The van der Waals surface area contributed by atoms with Gasteiger partial charge in [0.15, 0.2) is 10.9 Å². The summed E-state index contributed by atoms with van der Waals surface area (Å²) in [5, 5.41) is 4.12. The first kappa shape index (κ1) is 18.8. The molecule has 1 aliphatic heterocycles. The predicted molar refractivity (Wildman–Crippen MR) is 109 cm³/mol. The third-order valence-corrected chi connectivity index (χ3v) is 4.88. The van der Waals surface area contributed by atoms with Gasteiger partial charge < -0.3 is 10.1 Å². The van der Waals surface area contributed by atoms with Crippen LogP contribution in [0.15, 0.2) is 52.4 Å². The molecule has 0 atom stereocenters. The quantitative estimate of drug-likeness (QED) is 0.650. The second kappa shape index (κ2) is 8.62. The Kier molecular flexibility index (Phi) is 6.25. The molecule has 3 rings (SSSR count). The zero-order valence-electron chi connectivity index (χ0n) is 14.0. The number of carbonyl (C=O) groups is 1. The van der Waals surface area contributed by atoms with Crippen LogP contribution in [-0.4, -0.2) is 17.7 Å². The van der Waals surface area contributed by atoms with Crippen LogP contribution in [-0.2, 0) is 4.79 Å². The Morgan fingerprint density at radius 1 is 1.19 bits per heavy atom. The van der Waals surface area contributed by atoms with Gasteiger partial charge in [-0.25, -0.2) is 4.99 Å². The first-order valence-corrected chi connectivity index (χ1v) is 9.60. The number of amidine groups is 1. The van der Waals surface area contributed by atoms with Crippen LogP contribution < -0.4 is 10.1 Å². The maximum atomic E-state index is 12.2. The lowest BCUT2D eigenvalue weighted by Gasteiger charge is -2.10. The van der Waals surface area contributed by atoms with Gasteiger partial charge >= 0.3 is 0 Å². The van der Waals surface area contributed by atoms with Crippen molar-refractivity contribution >= 4 is 57.8 Å². The van der Waals surface area contributed by atoms with Crippen LogP contribution in [0.4, 0.5) is 5.69 Å². The van der Waals surface area contributed by atoms with Crippen molar-refractivity contribution in [1.29, 1.82) is 0 Å². The van der Waals surface area contributed by atoms with E-state index in [1.807, 2.05) is 37.3 Å². The molecule has 0 saturated carbocycles. The number of thioether (sulfide) groups is 1. The molecule has 26 heavy (non-hydrogen) atoms. The van der Waals surface area contributed by atoms with E-state index in [-0.39, 0.29) is 5.91 Å². The van der Waals surface area contributed by atoms with E-state index in [4.69, 9.17) is 27.9 Å². The first-order valence-electron chi connectivity index (χ1n) is 8.03. The molecule has 0 aliphatic carbocycles. The van der Waals surface area contributed by atoms with Crippen molar-refractivity contribution in [3.05, 3.63) is 63.0 Å². The molecule has 1 amide bonds. The standard InChI is InChI=1S/C19H16Cl2N2O2S/c1-2-8-25-17-14(20)9-12(10-15(17)21)11-16-18(24)23-19(26-16)22-13-6-4-3-5-7-13/h3-7,9-11H,2,8H2,1H3,(H,22,23,24)/b16-11-. The maximum Gasteiger partial charge on any atom is 0.264 e. The van der Waals surface area contributed by atoms with Crippen LogP contribution in [0.25, 0.3) is 6.08 Å². The summed E-state index contributed by atoms with van der Waals surface area (Å²) in [5.74, 6) is 0.260. The highest BCUT2D eigenvalue weighted by atomic mass is 35.5. The lowest BCUT2D eigenvalue weighted by molar-refractivity contribution is -0.115. The van der Waals surface area contributed by atoms with Crippen molar-refractivity contribution in [2.75, 3.05) is 6.61 Å². The zero-order valence-corrected chi connectivity index (χ0v) is 16.3. The Morgan fingerprint density at radius 2 is 1.88 bits per heavy atom. The molecule has 1 aliphatic rings. The average molecular weight is 407 g/mol. The van der Waals surface area contributed by atoms with E-state index in [0.717, 1.165) is 17.7 Å². The highest BCUT2D eigenvalue weighted by Crippen LogP contribution is 2.36. The lowest BCUT2D eigenvalue weighted by atomic mass is 10.2. The van der Waals surface area contributed by atoms with Crippen molar-refractivity contribution in [3.8, 4) is 5.75 Å². The maximum absolute atomic E-state index is 12.2. The number of halogens is 2. The minimum absolute atomic E-state index is 0.205. The van der Waals surface area contributed by atoms with Gasteiger partial charge in [0.05, 0.1) is 27.2 Å². The van der Waals surface area contributed by atoms with Gasteiger partial charge in [0.2, 0.25) is 0 Å². The normalized spacial score (nSPS) is 17.0. The molecule has 2 aromatic rings. The monoisotopic (exact) mass is 406 g/mol. The SMILES string of the molecule is CCCOc1c(Cl)cc(/C=C2\SC(=Nc3ccccc3)NC2=O)cc1Cl. The average Bonchev–Trinajstić information content (AvgIpc) is 2.94. The van der Waals surface area contributed by atoms with Crippen molar-refractivity contribution in [3.63, 3.8) is 0 Å². The second-order valence-electron chi connectivity index (χ2n) is 5.48. The molecule has 1 N–H and O–H groups in total. The van der Waals surface area contributed by atoms with Crippen molar-refractivity contribution in [2.24, 2.45) is 4.99 Å². The van der Waals surface area contributed by atoms with Crippen molar-refractivity contribution in [2.45, 2.75) is 13.3 Å². The fourth-order valence-corrected chi connectivity index (χ4v) is 3.71. The van der Waals surface area contributed by atoms with Crippen LogP contribution in [0.3, 0.4) is 0 Å². The number of benzene rings is 2. The molecule has 0 spiro atoms. The van der Waals surface area contributed by atoms with Gasteiger partial charge in [-0.2, -0.15) is 0 Å². The summed E-state index contributed by atoms with van der Waals surface area (Å²) in [5.41, 5.74) is 1.50. The minimum atomic E-state index is -0.205. The molecular formula is C19H16Cl2N2O2S. The number of nitrogens with zero attached hydrogens (tertiary/aromatic N) is 1. The molecule has 0 bridgehead atoms. The summed E-state index contributed by atoms with van der Waals surface area (Å²) in [4.78, 5) is 17.1. The highest BCUT2D eigenvalue weighted by Gasteiger charge is 2.24. The molecule has 1 saturated heterocycles. The number of ether oxygens (including phenoxy) is 1. The van der Waals surface area contributed by atoms with E-state index in [0.29, 0.717) is 32.5 Å². The first-order chi connectivity index (χ1) is 12.6. The van der Waals surface area contributed by atoms with Crippen LogP contribution in [0.1, 0.15) is 18.9 Å². The van der Waals surface area contributed by atoms with Crippen LogP contribution in [0, 0.1) is 0 Å². The number of carbonyl (C=O) groups excluding carboxylic acids is 1. The number of para-hydroxylation sites is 1. The third-order valence-electron chi connectivity index (χ3n) is 3.41. The van der Waals surface area contributed by atoms with Crippen molar-refractivity contribution in [1.82, 2.24) is 5.32 Å². The highest BCUT2D eigenvalue weighted by molar-refractivity contribution is 8.18. The van der Waals surface area contributed by atoms with E-state index in [2.05, 4.69) is 10.3 Å². The summed E-state index contributed by atoms with van der Waals surface area (Å²) in [7, 11) is 0. The van der Waals surface area contributed by atoms with E-state index in [1.165, 1.54) is 11.8 Å². The smallest absolute Gasteiger partial charge is 0.264 e. The minimum Gasteiger partial charge on any atom is -0.490 e. The van der Waals surface area contributed by atoms with Crippen LogP contribution in [0.2, 0.25) is 10.0 Å². The molecule has 1 heterocycles. The van der Waals surface area contributed by atoms with Gasteiger partial charge in [-0.05, 0) is 54.1 Å². The molecule has 4 nitrogen and oxygen atoms in total. The van der Waals surface area contributed by atoms with E-state index in [1.54, 1.807) is 18.2 Å². The number of rotatable bonds is 5. The van der Waals surface area contributed by atoms with E-state index >= 15 is 0 Å². The summed E-state index contributed by atoms with van der Waals surface area (Å²) in [6.07, 6.45) is 2.59. The topological polar surface area (TPSA) is 50.7 Å². The second-order valence-corrected chi connectivity index (χ2v) is 7.32. The predicted octanol–water partition coefficient (Wildman–Crippen LogP) is 5.67. The fraction of sp³-hybridized carbons (Fsp3) is 0.158. The fourth-order valence-electron chi connectivity index (χ4n) is 2.26. The van der Waals surface area contributed by atoms with Crippen LogP contribution >= 0.6 is 35.0 Å². The lowest BCUT2D eigenvalue weighted by Crippen LogP contribution is -2.19. The number of aliphatic imine (C=N–C) groups is 1. The Morgan fingerprint density at radius 3 is 2.54 bits per heavy atom. The summed E-state index contributed by atoms with van der Waals surface area (Å²) >= 11 is 13.8. The van der Waals surface area contributed by atoms with Crippen molar-refractivity contribution < 1.29 is 9.53 Å². The van der Waals surface area contributed by atoms with Gasteiger partial charge in [-0.1, -0.05) is 48.3 Å². The Bertz CT molecular complexity index is 859. The third kappa shape index (κ3) is 4.61. The molecule has 0 unspecified atom stereocenters. The summed E-state index contributed by atoms with van der Waals surface area (Å²) < 4.78 is 5.56. The number of nitrogens with one attached hydrogen (secondary N) is 1. The molecule has 0 radical (unpaired) electrons. The molecule has 2 aromatic carbocycles. The summed E-state index contributed by atoms with van der Waals surface area (Å²) in [6, 6.07) is 12.9. The molecule has 0 aromatic heterocycles. The number of hydrogen-bond donors (Lipinski definition) is 1. The van der Waals surface area contributed by atoms with Gasteiger partial charge in [-0.3, -0.25) is 4.79 Å². The largest absolute Gasteiger partial charge is 0.490 e. The Hall–Kier alpha value is -1.95. The van der Waals surface area contributed by atoms with Gasteiger partial charge in [0.25, 0.3) is 5.91 Å². The molecule has 7 heteroatoms. The van der Waals surface area contributed by atoms with Crippen LogP contribution in [0.5, 0.6) is 5.75 Å². The number of amides is 1.